The van der Waals surface area contributed by atoms with Crippen molar-refractivity contribution < 1.29 is 14.3 Å². The molecule has 0 aromatic carbocycles. The molecule has 0 amide bonds. The number of hydrogen-bond donors (Lipinski definition) is 1. The molecule has 0 aliphatic heterocycles. The number of nitrogens with zero attached hydrogens (tertiary/aromatic N) is 2. The Morgan fingerprint density at radius 1 is 1.56 bits per heavy atom. The zero-order valence-electron chi connectivity index (χ0n) is 9.72. The Labute approximate surface area is 118 Å². The molecule has 0 unspecified atom stereocenters. The molecule has 0 radical (unpaired) electrons. The van der Waals surface area contributed by atoms with E-state index in [2.05, 4.69) is 8.19 Å². The van der Waals surface area contributed by atoms with E-state index in [-0.39, 0.29) is 35.9 Å². The van der Waals surface area contributed by atoms with Crippen LogP contribution in [0.5, 0.6) is 0 Å². The van der Waals surface area contributed by atoms with Gasteiger partial charge in [0.05, 0.1) is 41.5 Å². The van der Waals surface area contributed by atoms with Crippen LogP contribution >= 0.6 is 22.9 Å². The fourth-order valence-electron chi connectivity index (χ4n) is 1.25. The molecular formula is C11H12IN3O3. The second-order valence-corrected chi connectivity index (χ2v) is 3.77. The van der Waals surface area contributed by atoms with Crippen molar-refractivity contribution in [3.05, 3.63) is 23.9 Å². The number of ketones is 1. The van der Waals surface area contributed by atoms with Crippen LogP contribution in [0, 0.1) is 0 Å². The molecule has 18 heavy (non-hydrogen) atoms. The van der Waals surface area contributed by atoms with Crippen LogP contribution in [0.25, 0.3) is 0 Å². The standard InChI is InChI=1S/C11H12IN3O3/c1-2-18-11(17)8(15-12)6-9(16)7-4-3-5-14-10(7)13/h3-5H,2,6H2,1H3,(H2,13,14)/b15-8-. The van der Waals surface area contributed by atoms with E-state index >= 15 is 0 Å². The van der Waals surface area contributed by atoms with Crippen LogP contribution in [-0.2, 0) is 9.53 Å². The highest BCUT2D eigenvalue weighted by atomic mass is 127. The molecule has 0 fully saturated rings. The lowest BCUT2D eigenvalue weighted by molar-refractivity contribution is -0.135. The number of ether oxygens (including phenoxy) is 1. The van der Waals surface area contributed by atoms with Crippen molar-refractivity contribution in [3.8, 4) is 0 Å². The third-order valence-corrected chi connectivity index (χ3v) is 2.66. The van der Waals surface area contributed by atoms with E-state index in [1.807, 2.05) is 0 Å². The van der Waals surface area contributed by atoms with Crippen LogP contribution in [0.2, 0.25) is 0 Å². The van der Waals surface area contributed by atoms with Crippen LogP contribution in [0.3, 0.4) is 0 Å². The first-order valence-electron chi connectivity index (χ1n) is 5.18. The van der Waals surface area contributed by atoms with Gasteiger partial charge in [0.25, 0.3) is 0 Å². The van der Waals surface area contributed by atoms with E-state index in [1.165, 1.54) is 6.20 Å². The van der Waals surface area contributed by atoms with E-state index < -0.39 is 5.97 Å². The van der Waals surface area contributed by atoms with Crippen LogP contribution in [0.15, 0.2) is 21.5 Å². The quantitative estimate of drug-likeness (QED) is 0.372. The molecule has 0 bridgehead atoms. The first-order valence-corrected chi connectivity index (χ1v) is 6.15. The molecule has 1 aromatic rings. The van der Waals surface area contributed by atoms with Gasteiger partial charge in [0.15, 0.2) is 5.78 Å². The lowest BCUT2D eigenvalue weighted by Gasteiger charge is -2.05. The third-order valence-electron chi connectivity index (χ3n) is 2.08. The first kappa shape index (κ1) is 14.6. The molecule has 1 heterocycles. The van der Waals surface area contributed by atoms with Gasteiger partial charge in [0, 0.05) is 6.20 Å². The molecule has 0 spiro atoms. The normalized spacial score (nSPS) is 11.1. The summed E-state index contributed by atoms with van der Waals surface area (Å²) >= 11 is 1.65. The van der Waals surface area contributed by atoms with E-state index in [4.69, 9.17) is 10.5 Å². The number of esters is 1. The number of aromatic nitrogens is 1. The van der Waals surface area contributed by atoms with Gasteiger partial charge in [-0.15, -0.1) is 0 Å². The average molecular weight is 361 g/mol. The smallest absolute Gasteiger partial charge is 0.353 e. The van der Waals surface area contributed by atoms with Crippen molar-refractivity contribution in [1.82, 2.24) is 4.98 Å². The molecule has 0 saturated carbocycles. The highest BCUT2D eigenvalue weighted by Crippen LogP contribution is 2.11. The maximum atomic E-state index is 11.9. The highest BCUT2D eigenvalue weighted by molar-refractivity contribution is 14.1. The largest absolute Gasteiger partial charge is 0.461 e. The minimum atomic E-state index is -0.595. The minimum Gasteiger partial charge on any atom is -0.461 e. The van der Waals surface area contributed by atoms with E-state index in [1.54, 1.807) is 41.9 Å². The van der Waals surface area contributed by atoms with Gasteiger partial charge in [0.2, 0.25) is 0 Å². The molecule has 7 heteroatoms. The molecule has 6 nitrogen and oxygen atoms in total. The Morgan fingerprint density at radius 2 is 2.28 bits per heavy atom. The van der Waals surface area contributed by atoms with Crippen molar-refractivity contribution in [2.45, 2.75) is 13.3 Å². The van der Waals surface area contributed by atoms with E-state index in [9.17, 15) is 9.59 Å². The van der Waals surface area contributed by atoms with Gasteiger partial charge in [-0.05, 0) is 19.1 Å². The summed E-state index contributed by atoms with van der Waals surface area (Å²) in [6.07, 6.45) is 1.34. The van der Waals surface area contributed by atoms with E-state index in [0.29, 0.717) is 0 Å². The van der Waals surface area contributed by atoms with Gasteiger partial charge < -0.3 is 10.5 Å². The molecule has 0 atom stereocenters. The number of Topliss-reactive ketones (excluding diaryl/α,β-unsaturated/α-hetero) is 1. The molecule has 0 aliphatic carbocycles. The number of carbonyl (C=O) groups excluding carboxylic acids is 2. The molecular weight excluding hydrogens is 349 g/mol. The number of nitrogens with two attached hydrogens (primary N) is 1. The summed E-state index contributed by atoms with van der Waals surface area (Å²) in [6.45, 7) is 1.92. The van der Waals surface area contributed by atoms with Crippen LogP contribution in [0.1, 0.15) is 23.7 Å². The summed E-state index contributed by atoms with van der Waals surface area (Å²) in [6, 6.07) is 3.16. The predicted molar refractivity (Wildman–Crippen MR) is 75.7 cm³/mol. The zero-order chi connectivity index (χ0) is 13.5. The van der Waals surface area contributed by atoms with Gasteiger partial charge in [-0.3, -0.25) is 4.79 Å². The molecule has 0 saturated heterocycles. The Balaban J connectivity index is 2.81. The van der Waals surface area contributed by atoms with Gasteiger partial charge in [-0.25, -0.2) is 13.0 Å². The van der Waals surface area contributed by atoms with Crippen LogP contribution in [0.4, 0.5) is 5.82 Å². The zero-order valence-corrected chi connectivity index (χ0v) is 11.9. The highest BCUT2D eigenvalue weighted by Gasteiger charge is 2.19. The number of anilines is 1. The van der Waals surface area contributed by atoms with Crippen molar-refractivity contribution >= 4 is 46.1 Å². The Hall–Kier alpha value is -1.51. The fourth-order valence-corrected chi connectivity index (χ4v) is 1.62. The number of pyridine rings is 1. The molecule has 2 N–H and O–H groups in total. The van der Waals surface area contributed by atoms with Crippen molar-refractivity contribution in [1.29, 1.82) is 0 Å². The van der Waals surface area contributed by atoms with Gasteiger partial charge in [-0.2, -0.15) is 0 Å². The molecule has 96 valence electrons. The van der Waals surface area contributed by atoms with Gasteiger partial charge in [-0.1, -0.05) is 0 Å². The Morgan fingerprint density at radius 3 is 2.83 bits per heavy atom. The topological polar surface area (TPSA) is 94.6 Å². The maximum Gasteiger partial charge on any atom is 0.353 e. The molecule has 0 aliphatic rings. The summed E-state index contributed by atoms with van der Waals surface area (Å²) in [7, 11) is 0. The second kappa shape index (κ2) is 7.04. The fraction of sp³-hybridized carbons (Fsp3) is 0.273. The van der Waals surface area contributed by atoms with Crippen molar-refractivity contribution in [2.24, 2.45) is 3.21 Å². The summed E-state index contributed by atoms with van der Waals surface area (Å²) in [4.78, 5) is 27.2. The Kier molecular flexibility index (Phi) is 5.69. The van der Waals surface area contributed by atoms with Crippen LogP contribution in [-0.4, -0.2) is 29.1 Å². The number of halogens is 1. The predicted octanol–water partition coefficient (Wildman–Crippen LogP) is 1.59. The Bertz CT molecular complexity index is 488. The number of carbonyl (C=O) groups is 2. The molecule has 1 rings (SSSR count). The third kappa shape index (κ3) is 3.76. The average Bonchev–Trinajstić information content (AvgIpc) is 2.36. The van der Waals surface area contributed by atoms with Crippen molar-refractivity contribution in [3.63, 3.8) is 0 Å². The summed E-state index contributed by atoms with van der Waals surface area (Å²) < 4.78 is 8.52. The lowest BCUT2D eigenvalue weighted by Crippen LogP contribution is -2.21. The number of hydrogen-bond acceptors (Lipinski definition) is 6. The van der Waals surface area contributed by atoms with Crippen molar-refractivity contribution in [2.75, 3.05) is 12.3 Å². The van der Waals surface area contributed by atoms with E-state index in [0.717, 1.165) is 0 Å². The number of rotatable bonds is 5. The first-order chi connectivity index (χ1) is 8.60. The maximum absolute atomic E-state index is 11.9. The number of nitrogen functional groups attached to an aromatic ring is 1. The van der Waals surface area contributed by atoms with Gasteiger partial charge >= 0.3 is 5.97 Å². The minimum absolute atomic E-state index is 0.0608. The lowest BCUT2D eigenvalue weighted by atomic mass is 10.1. The molecule has 1 aromatic heterocycles. The van der Waals surface area contributed by atoms with Crippen LogP contribution < -0.4 is 5.73 Å². The summed E-state index contributed by atoms with van der Waals surface area (Å²) in [5.74, 6) is -0.772. The second-order valence-electron chi connectivity index (χ2n) is 3.29. The SMILES string of the molecule is CCOC(=O)/C(CC(=O)c1cccnc1N)=N\I. The summed E-state index contributed by atoms with van der Waals surface area (Å²) in [5.41, 5.74) is 5.92. The monoisotopic (exact) mass is 361 g/mol. The summed E-state index contributed by atoms with van der Waals surface area (Å²) in [5, 5.41) is 0. The van der Waals surface area contributed by atoms with Gasteiger partial charge in [0.1, 0.15) is 11.5 Å².